The minimum Gasteiger partial charge on any atom is -0.353 e. The number of carbonyl (C=O) groups excluding carboxylic acids is 2. The summed E-state index contributed by atoms with van der Waals surface area (Å²) < 4.78 is 0. The zero-order valence-electron chi connectivity index (χ0n) is 12.0. The molecule has 0 saturated carbocycles. The molecule has 0 unspecified atom stereocenters. The molecule has 0 spiro atoms. The van der Waals surface area contributed by atoms with Crippen molar-refractivity contribution in [3.05, 3.63) is 48.7 Å². The van der Waals surface area contributed by atoms with Gasteiger partial charge < -0.3 is 15.5 Å². The lowest BCUT2D eigenvalue weighted by molar-refractivity contribution is -0.123. The summed E-state index contributed by atoms with van der Waals surface area (Å²) in [5.41, 5.74) is 2.56. The van der Waals surface area contributed by atoms with Crippen LogP contribution in [0.15, 0.2) is 48.7 Å². The van der Waals surface area contributed by atoms with E-state index >= 15 is 0 Å². The van der Waals surface area contributed by atoms with E-state index in [2.05, 4.69) is 15.6 Å². The van der Waals surface area contributed by atoms with Gasteiger partial charge in [0.15, 0.2) is 0 Å². The normalized spacial score (nSPS) is 14.4. The lowest BCUT2D eigenvalue weighted by Crippen LogP contribution is -2.51. The maximum absolute atomic E-state index is 12.1. The molecule has 3 rings (SSSR count). The summed E-state index contributed by atoms with van der Waals surface area (Å²) in [6.07, 6.45) is 1.74. The van der Waals surface area contributed by atoms with Gasteiger partial charge in [-0.15, -0.1) is 0 Å². The maximum atomic E-state index is 12.1. The van der Waals surface area contributed by atoms with Crippen molar-refractivity contribution in [3.63, 3.8) is 0 Å². The van der Waals surface area contributed by atoms with Gasteiger partial charge >= 0.3 is 6.03 Å². The van der Waals surface area contributed by atoms with Gasteiger partial charge in [-0.05, 0) is 24.3 Å². The SMILES string of the molecule is O=C1CN(C(=O)Nc2ccc(-c3ccccn3)cc2)CCN1. The Hall–Kier alpha value is -2.89. The smallest absolute Gasteiger partial charge is 0.322 e. The van der Waals surface area contributed by atoms with Crippen molar-refractivity contribution < 1.29 is 9.59 Å². The van der Waals surface area contributed by atoms with Crippen molar-refractivity contribution in [2.45, 2.75) is 0 Å². The summed E-state index contributed by atoms with van der Waals surface area (Å²) >= 11 is 0. The molecule has 0 radical (unpaired) electrons. The van der Waals surface area contributed by atoms with Gasteiger partial charge in [-0.2, -0.15) is 0 Å². The Balaban J connectivity index is 1.66. The number of pyridine rings is 1. The molecular weight excluding hydrogens is 280 g/mol. The fourth-order valence-electron chi connectivity index (χ4n) is 2.27. The fraction of sp³-hybridized carbons (Fsp3) is 0.188. The Morgan fingerprint density at radius 2 is 2.00 bits per heavy atom. The minimum atomic E-state index is -0.263. The van der Waals surface area contributed by atoms with Crippen LogP contribution in [0, 0.1) is 0 Å². The van der Waals surface area contributed by atoms with E-state index in [1.54, 1.807) is 6.20 Å². The summed E-state index contributed by atoms with van der Waals surface area (Å²) in [5, 5.41) is 5.49. The Bertz CT molecular complexity index is 670. The lowest BCUT2D eigenvalue weighted by atomic mass is 10.1. The second-order valence-corrected chi connectivity index (χ2v) is 4.99. The first-order chi connectivity index (χ1) is 10.7. The first-order valence-electron chi connectivity index (χ1n) is 7.06. The maximum Gasteiger partial charge on any atom is 0.322 e. The molecule has 22 heavy (non-hydrogen) atoms. The molecule has 6 nitrogen and oxygen atoms in total. The monoisotopic (exact) mass is 296 g/mol. The highest BCUT2D eigenvalue weighted by molar-refractivity contribution is 5.93. The molecule has 1 aliphatic rings. The topological polar surface area (TPSA) is 74.3 Å². The van der Waals surface area contributed by atoms with E-state index in [9.17, 15) is 9.59 Å². The van der Waals surface area contributed by atoms with Crippen molar-refractivity contribution in [2.75, 3.05) is 25.0 Å². The standard InChI is InChI=1S/C16H16N4O2/c21-15-11-20(10-9-18-15)16(22)19-13-6-4-12(5-7-13)14-3-1-2-8-17-14/h1-8H,9-11H2,(H,18,21)(H,19,22). The Morgan fingerprint density at radius 3 is 2.68 bits per heavy atom. The van der Waals surface area contributed by atoms with Crippen molar-refractivity contribution in [3.8, 4) is 11.3 Å². The van der Waals surface area contributed by atoms with E-state index in [1.165, 1.54) is 4.90 Å². The number of anilines is 1. The number of hydrogen-bond acceptors (Lipinski definition) is 3. The molecule has 1 aromatic heterocycles. The molecule has 2 aromatic rings. The van der Waals surface area contributed by atoms with Crippen molar-refractivity contribution in [1.82, 2.24) is 15.2 Å². The second-order valence-electron chi connectivity index (χ2n) is 4.99. The average Bonchev–Trinajstić information content (AvgIpc) is 2.56. The molecule has 1 aromatic carbocycles. The van der Waals surface area contributed by atoms with E-state index in [0.29, 0.717) is 18.8 Å². The predicted octanol–water partition coefficient (Wildman–Crippen LogP) is 1.71. The number of urea groups is 1. The summed E-state index contributed by atoms with van der Waals surface area (Å²) in [7, 11) is 0. The molecule has 1 saturated heterocycles. The number of aromatic nitrogens is 1. The van der Waals surface area contributed by atoms with Gasteiger partial charge in [0.05, 0.1) is 5.69 Å². The third-order valence-corrected chi connectivity index (χ3v) is 3.42. The Kier molecular flexibility index (Phi) is 4.00. The molecular formula is C16H16N4O2. The number of hydrogen-bond donors (Lipinski definition) is 2. The molecule has 0 atom stereocenters. The Labute approximate surface area is 128 Å². The highest BCUT2D eigenvalue weighted by Crippen LogP contribution is 2.19. The van der Waals surface area contributed by atoms with E-state index in [0.717, 1.165) is 11.3 Å². The van der Waals surface area contributed by atoms with Crippen LogP contribution in [0.5, 0.6) is 0 Å². The Morgan fingerprint density at radius 1 is 1.18 bits per heavy atom. The first-order valence-corrected chi connectivity index (χ1v) is 7.06. The number of benzene rings is 1. The third-order valence-electron chi connectivity index (χ3n) is 3.42. The second kappa shape index (κ2) is 6.26. The average molecular weight is 296 g/mol. The van der Waals surface area contributed by atoms with Gasteiger partial charge in [-0.1, -0.05) is 18.2 Å². The van der Waals surface area contributed by atoms with Crippen molar-refractivity contribution in [2.24, 2.45) is 0 Å². The van der Waals surface area contributed by atoms with E-state index in [-0.39, 0.29) is 18.5 Å². The minimum absolute atomic E-state index is 0.0951. The molecule has 1 fully saturated rings. The summed E-state index contributed by atoms with van der Waals surface area (Å²) in [5.74, 6) is -0.133. The fourth-order valence-corrected chi connectivity index (χ4v) is 2.27. The number of nitrogens with zero attached hydrogens (tertiary/aromatic N) is 2. The molecule has 3 amide bonds. The van der Waals surface area contributed by atoms with Gasteiger partial charge in [0.1, 0.15) is 6.54 Å². The van der Waals surface area contributed by atoms with E-state index < -0.39 is 0 Å². The third kappa shape index (κ3) is 3.22. The van der Waals surface area contributed by atoms with Crippen LogP contribution in [-0.2, 0) is 4.79 Å². The summed E-state index contributed by atoms with van der Waals surface area (Å²) in [6, 6.07) is 12.9. The zero-order valence-corrected chi connectivity index (χ0v) is 12.0. The van der Waals surface area contributed by atoms with Gasteiger partial charge in [0, 0.05) is 30.5 Å². The van der Waals surface area contributed by atoms with Crippen molar-refractivity contribution in [1.29, 1.82) is 0 Å². The number of piperazine rings is 1. The lowest BCUT2D eigenvalue weighted by Gasteiger charge is -2.26. The van der Waals surface area contributed by atoms with Crippen LogP contribution >= 0.6 is 0 Å². The largest absolute Gasteiger partial charge is 0.353 e. The molecule has 2 heterocycles. The number of rotatable bonds is 2. The predicted molar refractivity (Wildman–Crippen MR) is 83.3 cm³/mol. The number of nitrogens with one attached hydrogen (secondary N) is 2. The van der Waals surface area contributed by atoms with E-state index in [1.807, 2.05) is 42.5 Å². The van der Waals surface area contributed by atoms with Crippen LogP contribution in [-0.4, -0.2) is 41.5 Å². The zero-order chi connectivity index (χ0) is 15.4. The quantitative estimate of drug-likeness (QED) is 0.886. The van der Waals surface area contributed by atoms with Crippen LogP contribution in [0.2, 0.25) is 0 Å². The van der Waals surface area contributed by atoms with Crippen LogP contribution in [0.25, 0.3) is 11.3 Å². The highest BCUT2D eigenvalue weighted by Gasteiger charge is 2.20. The van der Waals surface area contributed by atoms with E-state index in [4.69, 9.17) is 0 Å². The molecule has 0 bridgehead atoms. The van der Waals surface area contributed by atoms with Crippen LogP contribution in [0.4, 0.5) is 10.5 Å². The molecule has 112 valence electrons. The van der Waals surface area contributed by atoms with Crippen molar-refractivity contribution >= 4 is 17.6 Å². The number of carbonyl (C=O) groups is 2. The molecule has 6 heteroatoms. The van der Waals surface area contributed by atoms with Crippen LogP contribution in [0.3, 0.4) is 0 Å². The number of amides is 3. The molecule has 1 aliphatic heterocycles. The molecule has 0 aliphatic carbocycles. The van der Waals surface area contributed by atoms with Gasteiger partial charge in [0.2, 0.25) is 5.91 Å². The van der Waals surface area contributed by atoms with Gasteiger partial charge in [-0.3, -0.25) is 9.78 Å². The first kappa shape index (κ1) is 14.1. The summed E-state index contributed by atoms with van der Waals surface area (Å²) in [6.45, 7) is 1.10. The summed E-state index contributed by atoms with van der Waals surface area (Å²) in [4.78, 5) is 29.2. The highest BCUT2D eigenvalue weighted by atomic mass is 16.2. The molecule has 2 N–H and O–H groups in total. The van der Waals surface area contributed by atoms with Gasteiger partial charge in [0.25, 0.3) is 0 Å². The van der Waals surface area contributed by atoms with Gasteiger partial charge in [-0.25, -0.2) is 4.79 Å². The van der Waals surface area contributed by atoms with Crippen LogP contribution < -0.4 is 10.6 Å². The van der Waals surface area contributed by atoms with Crippen LogP contribution in [0.1, 0.15) is 0 Å².